The standard InChI is InChI=1S/C14H13N3O/c18-14-12-5-3-8-16-13(12)10-17(14)9-6-11-4-1-2-7-15-11/h1-5,7-8H,6,9-10H2. The van der Waals surface area contributed by atoms with Crippen LogP contribution in [0.4, 0.5) is 0 Å². The molecule has 0 fully saturated rings. The van der Waals surface area contributed by atoms with E-state index in [0.29, 0.717) is 13.1 Å². The van der Waals surface area contributed by atoms with Gasteiger partial charge in [-0.2, -0.15) is 0 Å². The molecule has 2 aromatic heterocycles. The van der Waals surface area contributed by atoms with Crippen LogP contribution in [-0.2, 0) is 13.0 Å². The highest BCUT2D eigenvalue weighted by molar-refractivity contribution is 5.97. The Kier molecular flexibility index (Phi) is 2.76. The highest BCUT2D eigenvalue weighted by Crippen LogP contribution is 2.20. The maximum atomic E-state index is 12.1. The van der Waals surface area contributed by atoms with Gasteiger partial charge in [-0.3, -0.25) is 14.8 Å². The molecule has 1 aliphatic heterocycles. The molecule has 0 unspecified atom stereocenters. The van der Waals surface area contributed by atoms with Crippen molar-refractivity contribution in [1.29, 1.82) is 0 Å². The van der Waals surface area contributed by atoms with Crippen LogP contribution < -0.4 is 0 Å². The first kappa shape index (κ1) is 10.9. The van der Waals surface area contributed by atoms with Crippen molar-refractivity contribution in [3.05, 3.63) is 59.7 Å². The summed E-state index contributed by atoms with van der Waals surface area (Å²) < 4.78 is 0. The summed E-state index contributed by atoms with van der Waals surface area (Å²) in [7, 11) is 0. The van der Waals surface area contributed by atoms with E-state index in [1.165, 1.54) is 0 Å². The third-order valence-electron chi connectivity index (χ3n) is 3.11. The van der Waals surface area contributed by atoms with Gasteiger partial charge in [-0.25, -0.2) is 0 Å². The molecule has 3 heterocycles. The zero-order valence-electron chi connectivity index (χ0n) is 9.91. The third kappa shape index (κ3) is 1.97. The largest absolute Gasteiger partial charge is 0.332 e. The number of carbonyl (C=O) groups excluding carboxylic acids is 1. The topological polar surface area (TPSA) is 46.1 Å². The minimum absolute atomic E-state index is 0.0778. The second-order valence-electron chi connectivity index (χ2n) is 4.30. The summed E-state index contributed by atoms with van der Waals surface area (Å²) in [5.74, 6) is 0.0778. The quantitative estimate of drug-likeness (QED) is 0.818. The van der Waals surface area contributed by atoms with Crippen molar-refractivity contribution in [2.75, 3.05) is 6.54 Å². The summed E-state index contributed by atoms with van der Waals surface area (Å²) in [4.78, 5) is 22.4. The van der Waals surface area contributed by atoms with Crippen LogP contribution >= 0.6 is 0 Å². The van der Waals surface area contributed by atoms with Gasteiger partial charge in [-0.05, 0) is 24.3 Å². The molecule has 0 N–H and O–H groups in total. The van der Waals surface area contributed by atoms with Crippen molar-refractivity contribution in [2.45, 2.75) is 13.0 Å². The molecule has 0 radical (unpaired) electrons. The Morgan fingerprint density at radius 3 is 2.78 bits per heavy atom. The van der Waals surface area contributed by atoms with Crippen LogP contribution in [0.5, 0.6) is 0 Å². The Balaban J connectivity index is 1.68. The van der Waals surface area contributed by atoms with E-state index in [9.17, 15) is 4.79 Å². The lowest BCUT2D eigenvalue weighted by Gasteiger charge is -2.14. The van der Waals surface area contributed by atoms with Crippen LogP contribution in [0.15, 0.2) is 42.7 Å². The van der Waals surface area contributed by atoms with Gasteiger partial charge in [0.25, 0.3) is 5.91 Å². The molecule has 90 valence electrons. The molecule has 4 nitrogen and oxygen atoms in total. The molecular formula is C14H13N3O. The summed E-state index contributed by atoms with van der Waals surface area (Å²) in [6, 6.07) is 9.48. The van der Waals surface area contributed by atoms with Crippen molar-refractivity contribution >= 4 is 5.91 Å². The average molecular weight is 239 g/mol. The van der Waals surface area contributed by atoms with Crippen molar-refractivity contribution < 1.29 is 4.79 Å². The van der Waals surface area contributed by atoms with Gasteiger partial charge < -0.3 is 4.90 Å². The molecule has 4 heteroatoms. The number of hydrogen-bond acceptors (Lipinski definition) is 3. The Morgan fingerprint density at radius 1 is 1.11 bits per heavy atom. The van der Waals surface area contributed by atoms with Crippen molar-refractivity contribution in [2.24, 2.45) is 0 Å². The normalized spacial score (nSPS) is 13.8. The molecular weight excluding hydrogens is 226 g/mol. The van der Waals surface area contributed by atoms with Crippen LogP contribution in [-0.4, -0.2) is 27.3 Å². The van der Waals surface area contributed by atoms with Gasteiger partial charge in [-0.15, -0.1) is 0 Å². The first-order chi connectivity index (χ1) is 8.84. The summed E-state index contributed by atoms with van der Waals surface area (Å²) in [5, 5.41) is 0. The fourth-order valence-corrected chi connectivity index (χ4v) is 2.16. The van der Waals surface area contributed by atoms with E-state index in [4.69, 9.17) is 0 Å². The summed E-state index contributed by atoms with van der Waals surface area (Å²) in [5.41, 5.74) is 2.62. The van der Waals surface area contributed by atoms with Crippen LogP contribution in [0.25, 0.3) is 0 Å². The van der Waals surface area contributed by atoms with Gasteiger partial charge in [0, 0.05) is 31.1 Å². The van der Waals surface area contributed by atoms with Gasteiger partial charge in [0.15, 0.2) is 0 Å². The van der Waals surface area contributed by atoms with Crippen LogP contribution in [0.3, 0.4) is 0 Å². The highest BCUT2D eigenvalue weighted by atomic mass is 16.2. The monoisotopic (exact) mass is 239 g/mol. The summed E-state index contributed by atoms with van der Waals surface area (Å²) >= 11 is 0. The second kappa shape index (κ2) is 4.56. The minimum atomic E-state index is 0.0778. The van der Waals surface area contributed by atoms with Crippen molar-refractivity contribution in [1.82, 2.24) is 14.9 Å². The predicted octanol–water partition coefficient (Wildman–Crippen LogP) is 1.68. The molecule has 1 amide bonds. The number of carbonyl (C=O) groups is 1. The molecule has 0 saturated carbocycles. The molecule has 0 spiro atoms. The van der Waals surface area contributed by atoms with Gasteiger partial charge in [0.2, 0.25) is 0 Å². The number of fused-ring (bicyclic) bond motifs is 1. The fourth-order valence-electron chi connectivity index (χ4n) is 2.16. The van der Waals surface area contributed by atoms with Gasteiger partial charge in [0.1, 0.15) is 0 Å². The van der Waals surface area contributed by atoms with E-state index in [2.05, 4.69) is 9.97 Å². The zero-order valence-corrected chi connectivity index (χ0v) is 9.91. The molecule has 2 aromatic rings. The maximum absolute atomic E-state index is 12.1. The predicted molar refractivity (Wildman–Crippen MR) is 66.9 cm³/mol. The van der Waals surface area contributed by atoms with Gasteiger partial charge >= 0.3 is 0 Å². The lowest BCUT2D eigenvalue weighted by molar-refractivity contribution is 0.0779. The third-order valence-corrected chi connectivity index (χ3v) is 3.11. The fraction of sp³-hybridized carbons (Fsp3) is 0.214. The summed E-state index contributed by atoms with van der Waals surface area (Å²) in [6.07, 6.45) is 4.28. The molecule has 0 bridgehead atoms. The van der Waals surface area contributed by atoms with Crippen LogP contribution in [0.2, 0.25) is 0 Å². The molecule has 0 aromatic carbocycles. The van der Waals surface area contributed by atoms with Gasteiger partial charge in [0.05, 0.1) is 17.8 Å². The Bertz CT molecular complexity index is 568. The van der Waals surface area contributed by atoms with Crippen molar-refractivity contribution in [3.63, 3.8) is 0 Å². The average Bonchev–Trinajstić information content (AvgIpc) is 2.75. The molecule has 3 rings (SSSR count). The van der Waals surface area contributed by atoms with E-state index in [1.807, 2.05) is 29.2 Å². The van der Waals surface area contributed by atoms with E-state index >= 15 is 0 Å². The number of pyridine rings is 2. The number of rotatable bonds is 3. The highest BCUT2D eigenvalue weighted by Gasteiger charge is 2.27. The van der Waals surface area contributed by atoms with Crippen LogP contribution in [0.1, 0.15) is 21.7 Å². The van der Waals surface area contributed by atoms with Crippen molar-refractivity contribution in [3.8, 4) is 0 Å². The number of aromatic nitrogens is 2. The first-order valence-corrected chi connectivity index (χ1v) is 5.97. The van der Waals surface area contributed by atoms with E-state index in [0.717, 1.165) is 23.4 Å². The molecule has 1 aliphatic rings. The Morgan fingerprint density at radius 2 is 2.00 bits per heavy atom. The SMILES string of the molecule is O=C1c2cccnc2CN1CCc1ccccn1. The maximum Gasteiger partial charge on any atom is 0.256 e. The number of nitrogens with zero attached hydrogens (tertiary/aromatic N) is 3. The molecule has 0 saturated heterocycles. The van der Waals surface area contributed by atoms with E-state index < -0.39 is 0 Å². The molecule has 0 aliphatic carbocycles. The lowest BCUT2D eigenvalue weighted by atomic mass is 10.2. The second-order valence-corrected chi connectivity index (χ2v) is 4.30. The molecule has 0 atom stereocenters. The first-order valence-electron chi connectivity index (χ1n) is 5.97. The van der Waals surface area contributed by atoms with E-state index in [1.54, 1.807) is 18.5 Å². The minimum Gasteiger partial charge on any atom is -0.332 e. The van der Waals surface area contributed by atoms with Crippen LogP contribution in [0, 0.1) is 0 Å². The number of hydrogen-bond donors (Lipinski definition) is 0. The smallest absolute Gasteiger partial charge is 0.256 e. The molecule has 18 heavy (non-hydrogen) atoms. The Labute approximate surface area is 105 Å². The summed E-state index contributed by atoms with van der Waals surface area (Å²) in [6.45, 7) is 1.30. The van der Waals surface area contributed by atoms with Gasteiger partial charge in [-0.1, -0.05) is 6.07 Å². The number of amides is 1. The lowest BCUT2D eigenvalue weighted by Crippen LogP contribution is -2.26. The van der Waals surface area contributed by atoms with E-state index in [-0.39, 0.29) is 5.91 Å². The zero-order chi connectivity index (χ0) is 12.4. The Hall–Kier alpha value is -2.23.